The minimum absolute atomic E-state index is 0.0976. The van der Waals surface area contributed by atoms with Gasteiger partial charge in [0.25, 0.3) is 0 Å². The molecule has 3 nitrogen and oxygen atoms in total. The molecule has 14 heavy (non-hydrogen) atoms. The number of hydrogen-bond donors (Lipinski definition) is 1. The summed E-state index contributed by atoms with van der Waals surface area (Å²) in [7, 11) is 0. The van der Waals surface area contributed by atoms with E-state index in [9.17, 15) is 0 Å². The smallest absolute Gasteiger partial charge is 0.217 e. The summed E-state index contributed by atoms with van der Waals surface area (Å²) in [6, 6.07) is 3.26. The van der Waals surface area contributed by atoms with Crippen molar-refractivity contribution in [3.63, 3.8) is 0 Å². The van der Waals surface area contributed by atoms with Crippen LogP contribution in [0.5, 0.6) is 5.88 Å². The SMILES string of the molecule is CC(C)C(C)Oc1cc(N)cc(Cl)n1. The third-order valence-electron chi connectivity index (χ3n) is 2.04. The normalized spacial score (nSPS) is 12.9. The van der Waals surface area contributed by atoms with Crippen molar-refractivity contribution < 1.29 is 4.74 Å². The van der Waals surface area contributed by atoms with Crippen LogP contribution in [0.1, 0.15) is 20.8 Å². The van der Waals surface area contributed by atoms with Crippen LogP contribution < -0.4 is 10.5 Å². The van der Waals surface area contributed by atoms with Crippen molar-refractivity contribution in [2.24, 2.45) is 5.92 Å². The summed E-state index contributed by atoms with van der Waals surface area (Å²) in [5.74, 6) is 0.910. The molecule has 0 amide bonds. The van der Waals surface area contributed by atoms with Gasteiger partial charge >= 0.3 is 0 Å². The molecule has 1 rings (SSSR count). The molecule has 1 atom stereocenters. The summed E-state index contributed by atoms with van der Waals surface area (Å²) in [5, 5.41) is 0.357. The number of pyridine rings is 1. The van der Waals surface area contributed by atoms with E-state index in [1.807, 2.05) is 6.92 Å². The number of ether oxygens (including phenoxy) is 1. The third-order valence-corrected chi connectivity index (χ3v) is 2.23. The van der Waals surface area contributed by atoms with E-state index in [1.165, 1.54) is 0 Å². The Morgan fingerprint density at radius 2 is 2.00 bits per heavy atom. The topological polar surface area (TPSA) is 48.1 Å². The number of nitrogens with two attached hydrogens (primary N) is 1. The molecule has 4 heteroatoms. The Morgan fingerprint density at radius 1 is 1.36 bits per heavy atom. The van der Waals surface area contributed by atoms with Gasteiger partial charge in [0.1, 0.15) is 5.15 Å². The minimum Gasteiger partial charge on any atom is -0.474 e. The first kappa shape index (κ1) is 11.1. The Labute approximate surface area is 89.2 Å². The molecule has 1 unspecified atom stereocenters. The average Bonchev–Trinajstić information content (AvgIpc) is 2.01. The molecule has 0 aromatic carbocycles. The average molecular weight is 215 g/mol. The van der Waals surface area contributed by atoms with E-state index in [4.69, 9.17) is 22.1 Å². The Hall–Kier alpha value is -0.960. The summed E-state index contributed by atoms with van der Waals surface area (Å²) in [6.07, 6.45) is 0.0976. The van der Waals surface area contributed by atoms with Crippen LogP contribution in [0.15, 0.2) is 12.1 Å². The molecule has 0 aliphatic heterocycles. The molecule has 0 aliphatic carbocycles. The van der Waals surface area contributed by atoms with Crippen molar-refractivity contribution in [1.82, 2.24) is 4.98 Å². The maximum atomic E-state index is 5.74. The van der Waals surface area contributed by atoms with E-state index in [2.05, 4.69) is 18.8 Å². The highest BCUT2D eigenvalue weighted by atomic mass is 35.5. The summed E-state index contributed by atoms with van der Waals surface area (Å²) in [6.45, 7) is 6.15. The molecule has 0 radical (unpaired) electrons. The predicted octanol–water partition coefficient (Wildman–Crippen LogP) is 2.74. The fourth-order valence-electron chi connectivity index (χ4n) is 0.879. The monoisotopic (exact) mass is 214 g/mol. The van der Waals surface area contributed by atoms with Crippen LogP contribution in [0, 0.1) is 5.92 Å². The van der Waals surface area contributed by atoms with Gasteiger partial charge in [-0.15, -0.1) is 0 Å². The number of hydrogen-bond acceptors (Lipinski definition) is 3. The van der Waals surface area contributed by atoms with E-state index >= 15 is 0 Å². The highest BCUT2D eigenvalue weighted by molar-refractivity contribution is 6.29. The van der Waals surface area contributed by atoms with Gasteiger partial charge in [0.15, 0.2) is 0 Å². The zero-order chi connectivity index (χ0) is 10.7. The van der Waals surface area contributed by atoms with Crippen LogP contribution in [0.4, 0.5) is 5.69 Å². The second-order valence-electron chi connectivity index (χ2n) is 3.63. The minimum atomic E-state index is 0.0976. The molecule has 2 N–H and O–H groups in total. The molecular weight excluding hydrogens is 200 g/mol. The van der Waals surface area contributed by atoms with Crippen molar-refractivity contribution in [3.8, 4) is 5.88 Å². The lowest BCUT2D eigenvalue weighted by molar-refractivity contribution is 0.163. The summed E-state index contributed by atoms with van der Waals surface area (Å²) >= 11 is 5.74. The van der Waals surface area contributed by atoms with Gasteiger partial charge in [-0.25, -0.2) is 4.98 Å². The van der Waals surface area contributed by atoms with Crippen LogP contribution in [0.2, 0.25) is 5.15 Å². The molecule has 1 aromatic rings. The van der Waals surface area contributed by atoms with Gasteiger partial charge in [0.2, 0.25) is 5.88 Å². The Bertz CT molecular complexity index is 295. The first-order chi connectivity index (χ1) is 6.49. The van der Waals surface area contributed by atoms with Gasteiger partial charge in [-0.05, 0) is 18.9 Å². The molecular formula is C10H15ClN2O. The van der Waals surface area contributed by atoms with E-state index in [0.29, 0.717) is 22.6 Å². The number of halogens is 1. The number of rotatable bonds is 3. The molecule has 78 valence electrons. The van der Waals surface area contributed by atoms with Gasteiger partial charge in [0.05, 0.1) is 6.10 Å². The van der Waals surface area contributed by atoms with E-state index < -0.39 is 0 Å². The number of anilines is 1. The zero-order valence-electron chi connectivity index (χ0n) is 8.62. The summed E-state index contributed by atoms with van der Waals surface area (Å²) < 4.78 is 5.56. The molecule has 0 aliphatic rings. The van der Waals surface area contributed by atoms with Gasteiger partial charge < -0.3 is 10.5 Å². The van der Waals surface area contributed by atoms with E-state index in [1.54, 1.807) is 12.1 Å². The van der Waals surface area contributed by atoms with Crippen molar-refractivity contribution in [1.29, 1.82) is 0 Å². The second-order valence-corrected chi connectivity index (χ2v) is 4.02. The maximum Gasteiger partial charge on any atom is 0.217 e. The second kappa shape index (κ2) is 4.51. The predicted molar refractivity (Wildman–Crippen MR) is 58.6 cm³/mol. The van der Waals surface area contributed by atoms with Crippen molar-refractivity contribution >= 4 is 17.3 Å². The fourth-order valence-corrected chi connectivity index (χ4v) is 1.09. The Kier molecular flexibility index (Phi) is 3.58. The molecule has 1 aromatic heterocycles. The molecule has 0 fully saturated rings. The van der Waals surface area contributed by atoms with Gasteiger partial charge in [-0.1, -0.05) is 25.4 Å². The lowest BCUT2D eigenvalue weighted by atomic mass is 10.1. The lowest BCUT2D eigenvalue weighted by Crippen LogP contribution is -2.19. The number of nitrogens with zero attached hydrogens (tertiary/aromatic N) is 1. The Balaban J connectivity index is 2.76. The first-order valence-corrected chi connectivity index (χ1v) is 4.96. The number of aromatic nitrogens is 1. The number of nitrogen functional groups attached to an aromatic ring is 1. The van der Waals surface area contributed by atoms with Crippen LogP contribution in [-0.4, -0.2) is 11.1 Å². The van der Waals surface area contributed by atoms with Gasteiger partial charge in [0, 0.05) is 11.8 Å². The van der Waals surface area contributed by atoms with Crippen molar-refractivity contribution in [3.05, 3.63) is 17.3 Å². The standard InChI is InChI=1S/C10H15ClN2O/c1-6(2)7(3)14-10-5-8(12)4-9(11)13-10/h4-7H,1-3H3,(H2,12,13). The van der Waals surface area contributed by atoms with E-state index in [0.717, 1.165) is 0 Å². The Morgan fingerprint density at radius 3 is 2.50 bits per heavy atom. The lowest BCUT2D eigenvalue weighted by Gasteiger charge is -2.17. The van der Waals surface area contributed by atoms with E-state index in [-0.39, 0.29) is 6.10 Å². The fraction of sp³-hybridized carbons (Fsp3) is 0.500. The molecule has 0 spiro atoms. The van der Waals surface area contributed by atoms with Gasteiger partial charge in [-0.3, -0.25) is 0 Å². The summed E-state index contributed by atoms with van der Waals surface area (Å²) in [5.41, 5.74) is 6.17. The van der Waals surface area contributed by atoms with Gasteiger partial charge in [-0.2, -0.15) is 0 Å². The van der Waals surface area contributed by atoms with Crippen LogP contribution >= 0.6 is 11.6 Å². The zero-order valence-corrected chi connectivity index (χ0v) is 9.38. The van der Waals surface area contributed by atoms with Crippen LogP contribution in [-0.2, 0) is 0 Å². The largest absolute Gasteiger partial charge is 0.474 e. The highest BCUT2D eigenvalue weighted by Crippen LogP contribution is 2.20. The first-order valence-electron chi connectivity index (χ1n) is 4.58. The molecule has 0 bridgehead atoms. The highest BCUT2D eigenvalue weighted by Gasteiger charge is 2.10. The van der Waals surface area contributed by atoms with Crippen LogP contribution in [0.25, 0.3) is 0 Å². The molecule has 1 heterocycles. The van der Waals surface area contributed by atoms with Crippen molar-refractivity contribution in [2.45, 2.75) is 26.9 Å². The summed E-state index contributed by atoms with van der Waals surface area (Å²) in [4.78, 5) is 4.02. The quantitative estimate of drug-likeness (QED) is 0.788. The molecule has 0 saturated heterocycles. The van der Waals surface area contributed by atoms with Crippen LogP contribution in [0.3, 0.4) is 0 Å². The molecule has 0 saturated carbocycles. The van der Waals surface area contributed by atoms with Crippen molar-refractivity contribution in [2.75, 3.05) is 5.73 Å². The maximum absolute atomic E-state index is 5.74. The third kappa shape index (κ3) is 3.07.